The van der Waals surface area contributed by atoms with Gasteiger partial charge in [0.05, 0.1) is 8.07 Å². The summed E-state index contributed by atoms with van der Waals surface area (Å²) < 4.78 is 0. The van der Waals surface area contributed by atoms with Crippen LogP contribution in [0.4, 0.5) is 0 Å². The van der Waals surface area contributed by atoms with Crippen molar-refractivity contribution >= 4 is 31.6 Å². The van der Waals surface area contributed by atoms with Crippen molar-refractivity contribution < 1.29 is 0 Å². The minimum Gasteiger partial charge on any atom is -0.127 e. The van der Waals surface area contributed by atoms with Crippen LogP contribution in [0.5, 0.6) is 0 Å². The summed E-state index contributed by atoms with van der Waals surface area (Å²) in [6, 6.07) is 0. The van der Waals surface area contributed by atoms with Crippen molar-refractivity contribution in [1.29, 1.82) is 0 Å². The second-order valence-electron chi connectivity index (χ2n) is 15.4. The zero-order chi connectivity index (χ0) is 25.3. The average molecular weight is 555 g/mol. The lowest BCUT2D eigenvalue weighted by Gasteiger charge is -2.48. The Morgan fingerprint density at radius 3 is 1.78 bits per heavy atom. The first-order valence-corrected chi connectivity index (χ1v) is 21.5. The van der Waals surface area contributed by atoms with Crippen LogP contribution in [0.3, 0.4) is 0 Å². The van der Waals surface area contributed by atoms with E-state index in [2.05, 4.69) is 62.6 Å². The summed E-state index contributed by atoms with van der Waals surface area (Å²) in [5.41, 5.74) is 2.11. The van der Waals surface area contributed by atoms with E-state index < -0.39 is 8.07 Å². The van der Waals surface area contributed by atoms with E-state index in [1.165, 1.54) is 19.3 Å². The number of rotatable bonds is 4. The third-order valence-corrected chi connectivity index (χ3v) is 21.8. The highest BCUT2D eigenvalue weighted by Crippen LogP contribution is 2.68. The highest BCUT2D eigenvalue weighted by molar-refractivity contribution is 8.05. The van der Waals surface area contributed by atoms with Crippen molar-refractivity contribution in [3.05, 3.63) is 22.0 Å². The van der Waals surface area contributed by atoms with Crippen molar-refractivity contribution in [1.82, 2.24) is 0 Å². The van der Waals surface area contributed by atoms with Gasteiger partial charge in [-0.1, -0.05) is 76.6 Å². The SMILES string of the molecule is CC1=CC2C3C=C(C)SC3C([Si](C)(C)C3CCC4C(C5CCC(C6CCCCC6)CC5)CCCC43)C2S1. The standard InChI is InChI=1S/C34H54S2Si/c1-21-19-29-30-20-22(2)36-33(30)34(32(29)35-21)37(3,4)31-18-17-27-26(11-8-12-28(27)31)25-15-13-24(14-16-25)23-9-6-5-7-10-23/h19-20,23-34H,5-18H2,1-4H3. The lowest BCUT2D eigenvalue weighted by Crippen LogP contribution is -2.47. The highest BCUT2D eigenvalue weighted by Gasteiger charge is 2.62. The van der Waals surface area contributed by atoms with Crippen LogP contribution >= 0.6 is 23.5 Å². The largest absolute Gasteiger partial charge is 0.127 e. The Balaban J connectivity index is 1.05. The van der Waals surface area contributed by atoms with Crippen molar-refractivity contribution in [2.24, 2.45) is 47.3 Å². The normalized spacial score (nSPS) is 48.4. The monoisotopic (exact) mass is 554 g/mol. The maximum Gasteiger partial charge on any atom is 0.0563 e. The Hall–Kier alpha value is 0.397. The summed E-state index contributed by atoms with van der Waals surface area (Å²) in [6.45, 7) is 10.6. The number of allylic oxidation sites excluding steroid dienone is 4. The van der Waals surface area contributed by atoms with Crippen molar-refractivity contribution in [2.75, 3.05) is 0 Å². The van der Waals surface area contributed by atoms with E-state index in [1.807, 2.05) is 0 Å². The second-order valence-corrected chi connectivity index (χ2v) is 23.3. The molecule has 2 aliphatic heterocycles. The van der Waals surface area contributed by atoms with Gasteiger partial charge in [-0.25, -0.2) is 0 Å². The number of hydrogen-bond acceptors (Lipinski definition) is 2. The molecular weight excluding hydrogens is 501 g/mol. The molecule has 0 aromatic heterocycles. The van der Waals surface area contributed by atoms with E-state index in [0.29, 0.717) is 0 Å². The van der Waals surface area contributed by atoms with Crippen LogP contribution < -0.4 is 0 Å². The Morgan fingerprint density at radius 2 is 1.14 bits per heavy atom. The van der Waals surface area contributed by atoms with Gasteiger partial charge in [-0.3, -0.25) is 0 Å². The van der Waals surface area contributed by atoms with Gasteiger partial charge in [0, 0.05) is 10.5 Å². The summed E-state index contributed by atoms with van der Waals surface area (Å²) >= 11 is 4.61. The molecule has 0 amide bonds. The molecule has 0 N–H and O–H groups in total. The van der Waals surface area contributed by atoms with Gasteiger partial charge in [0.2, 0.25) is 0 Å². The molecule has 206 valence electrons. The predicted molar refractivity (Wildman–Crippen MR) is 168 cm³/mol. The van der Waals surface area contributed by atoms with Crippen molar-refractivity contribution in [3.8, 4) is 0 Å². The van der Waals surface area contributed by atoms with Gasteiger partial charge in [-0.05, 0) is 121 Å². The molecule has 0 radical (unpaired) electrons. The van der Waals surface area contributed by atoms with Crippen LogP contribution in [0, 0.1) is 47.3 Å². The summed E-state index contributed by atoms with van der Waals surface area (Å²) in [4.78, 5) is 3.27. The maximum atomic E-state index is 2.89. The molecule has 7 rings (SSSR count). The molecule has 7 aliphatic rings. The van der Waals surface area contributed by atoms with Crippen LogP contribution in [0.15, 0.2) is 22.0 Å². The third kappa shape index (κ3) is 4.54. The van der Waals surface area contributed by atoms with Crippen LogP contribution in [0.2, 0.25) is 24.2 Å². The van der Waals surface area contributed by atoms with Gasteiger partial charge in [-0.15, -0.1) is 23.5 Å². The van der Waals surface area contributed by atoms with E-state index in [1.54, 1.807) is 80.4 Å². The minimum absolute atomic E-state index is 0.840. The molecule has 0 bridgehead atoms. The molecule has 0 nitrogen and oxygen atoms in total. The van der Waals surface area contributed by atoms with Crippen molar-refractivity contribution in [2.45, 2.75) is 138 Å². The topological polar surface area (TPSA) is 0 Å². The van der Waals surface area contributed by atoms with E-state index in [9.17, 15) is 0 Å². The molecule has 8 atom stereocenters. The number of hydrogen-bond donors (Lipinski definition) is 0. The second kappa shape index (κ2) is 10.3. The zero-order valence-electron chi connectivity index (χ0n) is 24.3. The Labute approximate surface area is 238 Å². The summed E-state index contributed by atoms with van der Waals surface area (Å²) in [5.74, 6) is 8.26. The Kier molecular flexibility index (Phi) is 7.35. The predicted octanol–water partition coefficient (Wildman–Crippen LogP) is 10.9. The van der Waals surface area contributed by atoms with Gasteiger partial charge in [0.1, 0.15) is 0 Å². The maximum absolute atomic E-state index is 2.89. The average Bonchev–Trinajstić information content (AvgIpc) is 3.65. The van der Waals surface area contributed by atoms with E-state index in [-0.39, 0.29) is 0 Å². The van der Waals surface area contributed by atoms with Crippen LogP contribution in [-0.2, 0) is 0 Å². The lowest BCUT2D eigenvalue weighted by molar-refractivity contribution is 0.0710. The third-order valence-electron chi connectivity index (χ3n) is 13.5. The van der Waals surface area contributed by atoms with E-state index >= 15 is 0 Å². The van der Waals surface area contributed by atoms with Crippen LogP contribution in [0.25, 0.3) is 0 Å². The molecule has 37 heavy (non-hydrogen) atoms. The Morgan fingerprint density at radius 1 is 0.568 bits per heavy atom. The smallest absolute Gasteiger partial charge is 0.0563 e. The molecule has 0 aromatic carbocycles. The van der Waals surface area contributed by atoms with Crippen LogP contribution in [0.1, 0.15) is 104 Å². The molecule has 0 aromatic rings. The fraction of sp³-hybridized carbons (Fsp3) is 0.882. The summed E-state index contributed by atoms with van der Waals surface area (Å²) in [5, 5.41) is 1.81. The zero-order valence-corrected chi connectivity index (χ0v) is 26.9. The molecule has 5 fully saturated rings. The van der Waals surface area contributed by atoms with Gasteiger partial charge in [-0.2, -0.15) is 0 Å². The summed E-state index contributed by atoms with van der Waals surface area (Å²) in [6.07, 6.45) is 27.4. The highest BCUT2D eigenvalue weighted by atomic mass is 32.2. The molecular formula is C34H54S2Si. The summed E-state index contributed by atoms with van der Waals surface area (Å²) in [7, 11) is -1.40. The molecule has 8 unspecified atom stereocenters. The molecule has 5 saturated carbocycles. The first-order chi connectivity index (χ1) is 17.9. The molecule has 0 saturated heterocycles. The molecule has 0 spiro atoms. The number of fused-ring (bicyclic) bond motifs is 4. The van der Waals surface area contributed by atoms with Gasteiger partial charge in [0.15, 0.2) is 0 Å². The molecule has 3 heteroatoms. The van der Waals surface area contributed by atoms with Gasteiger partial charge in [0.25, 0.3) is 0 Å². The molecule has 5 aliphatic carbocycles. The minimum atomic E-state index is -1.40. The Bertz CT molecular complexity index is 875. The van der Waals surface area contributed by atoms with Gasteiger partial charge >= 0.3 is 0 Å². The van der Waals surface area contributed by atoms with Gasteiger partial charge < -0.3 is 0 Å². The quantitative estimate of drug-likeness (QED) is 0.317. The fourth-order valence-electron chi connectivity index (χ4n) is 12.0. The number of thioether (sulfide) groups is 2. The fourth-order valence-corrected chi connectivity index (χ4v) is 22.4. The van der Waals surface area contributed by atoms with Crippen molar-refractivity contribution in [3.63, 3.8) is 0 Å². The van der Waals surface area contributed by atoms with E-state index in [4.69, 9.17) is 0 Å². The molecule has 2 heterocycles. The van der Waals surface area contributed by atoms with Crippen LogP contribution in [-0.4, -0.2) is 18.6 Å². The lowest BCUT2D eigenvalue weighted by atomic mass is 9.62. The van der Waals surface area contributed by atoms with E-state index in [0.717, 1.165) is 68.9 Å². The first kappa shape index (κ1) is 26.3. The first-order valence-electron chi connectivity index (χ1n) is 16.6.